The molecule has 0 spiro atoms. The Bertz CT molecular complexity index is 889. The molecule has 1 heterocycles. The van der Waals surface area contributed by atoms with E-state index in [1.165, 1.54) is 0 Å². The van der Waals surface area contributed by atoms with Gasteiger partial charge in [-0.3, -0.25) is 4.79 Å². The second kappa shape index (κ2) is 5.85. The molecule has 1 aliphatic rings. The quantitative estimate of drug-likeness (QED) is 0.791. The van der Waals surface area contributed by atoms with Gasteiger partial charge in [-0.25, -0.2) is 0 Å². The third kappa shape index (κ3) is 2.35. The third-order valence-corrected chi connectivity index (χ3v) is 4.48. The fourth-order valence-electron chi connectivity index (χ4n) is 3.35. The molecule has 3 aromatic carbocycles. The van der Waals surface area contributed by atoms with Gasteiger partial charge in [0.2, 0.25) is 5.91 Å². The Morgan fingerprint density at radius 1 is 0.792 bits per heavy atom. The number of para-hydroxylation sites is 2. The normalized spacial score (nSPS) is 16.2. The number of anilines is 1. The monoisotopic (exact) mass is 315 g/mol. The van der Waals surface area contributed by atoms with E-state index >= 15 is 0 Å². The van der Waals surface area contributed by atoms with Crippen molar-refractivity contribution in [1.29, 1.82) is 0 Å². The summed E-state index contributed by atoms with van der Waals surface area (Å²) in [6.45, 7) is 0.529. The maximum absolute atomic E-state index is 13.1. The first-order valence-electron chi connectivity index (χ1n) is 7.98. The van der Waals surface area contributed by atoms with Crippen molar-refractivity contribution in [3.8, 4) is 5.75 Å². The van der Waals surface area contributed by atoms with E-state index < -0.39 is 5.92 Å². The lowest BCUT2D eigenvalue weighted by Crippen LogP contribution is -2.28. The van der Waals surface area contributed by atoms with Gasteiger partial charge in [-0.15, -0.1) is 0 Å². The van der Waals surface area contributed by atoms with Crippen molar-refractivity contribution < 1.29 is 9.90 Å². The van der Waals surface area contributed by atoms with Crippen molar-refractivity contribution in [1.82, 2.24) is 0 Å². The molecule has 1 atom stereocenters. The van der Waals surface area contributed by atoms with Gasteiger partial charge in [0.1, 0.15) is 5.75 Å². The van der Waals surface area contributed by atoms with Crippen LogP contribution >= 0.6 is 0 Å². The molecule has 0 unspecified atom stereocenters. The van der Waals surface area contributed by atoms with Gasteiger partial charge in [0.25, 0.3) is 0 Å². The minimum absolute atomic E-state index is 0.00144. The lowest BCUT2D eigenvalue weighted by Gasteiger charge is -2.18. The SMILES string of the molecule is O=C1[C@H](c2ccccc2O)c2ccccc2N1Cc1ccccc1. The highest BCUT2D eigenvalue weighted by molar-refractivity contribution is 6.07. The number of hydrogen-bond acceptors (Lipinski definition) is 2. The molecule has 0 radical (unpaired) electrons. The van der Waals surface area contributed by atoms with E-state index in [0.717, 1.165) is 16.8 Å². The van der Waals surface area contributed by atoms with E-state index in [1.54, 1.807) is 12.1 Å². The first-order valence-corrected chi connectivity index (χ1v) is 7.98. The molecule has 0 fully saturated rings. The highest BCUT2D eigenvalue weighted by Gasteiger charge is 2.39. The van der Waals surface area contributed by atoms with Crippen LogP contribution in [0.5, 0.6) is 5.75 Å². The first kappa shape index (κ1) is 14.5. The third-order valence-electron chi connectivity index (χ3n) is 4.48. The Hall–Kier alpha value is -3.07. The van der Waals surface area contributed by atoms with E-state index in [4.69, 9.17) is 0 Å². The molecule has 3 heteroatoms. The van der Waals surface area contributed by atoms with Crippen LogP contribution in [0.15, 0.2) is 78.9 Å². The lowest BCUT2D eigenvalue weighted by molar-refractivity contribution is -0.118. The Labute approximate surface area is 140 Å². The second-order valence-electron chi connectivity index (χ2n) is 5.96. The van der Waals surface area contributed by atoms with E-state index in [9.17, 15) is 9.90 Å². The summed E-state index contributed by atoms with van der Waals surface area (Å²) in [5, 5.41) is 10.2. The number of phenolic OH excluding ortho intramolecular Hbond substituents is 1. The molecule has 3 nitrogen and oxygen atoms in total. The van der Waals surface area contributed by atoms with Crippen molar-refractivity contribution in [2.24, 2.45) is 0 Å². The number of benzene rings is 3. The van der Waals surface area contributed by atoms with E-state index in [-0.39, 0.29) is 11.7 Å². The van der Waals surface area contributed by atoms with Crippen LogP contribution in [-0.2, 0) is 11.3 Å². The maximum atomic E-state index is 13.1. The molecule has 0 saturated heterocycles. The molecular formula is C21H17NO2. The number of hydrogen-bond donors (Lipinski definition) is 1. The molecule has 3 aromatic rings. The Morgan fingerprint density at radius 2 is 1.42 bits per heavy atom. The van der Waals surface area contributed by atoms with Crippen molar-refractivity contribution in [2.75, 3.05) is 4.90 Å². The fourth-order valence-corrected chi connectivity index (χ4v) is 3.35. The summed E-state index contributed by atoms with van der Waals surface area (Å²) in [6.07, 6.45) is 0. The van der Waals surface area contributed by atoms with Crippen LogP contribution in [0, 0.1) is 0 Å². The van der Waals surface area contributed by atoms with Gasteiger partial charge in [-0.1, -0.05) is 66.7 Å². The number of amides is 1. The summed E-state index contributed by atoms with van der Waals surface area (Å²) in [7, 11) is 0. The lowest BCUT2D eigenvalue weighted by atomic mass is 9.92. The summed E-state index contributed by atoms with van der Waals surface area (Å²) < 4.78 is 0. The minimum Gasteiger partial charge on any atom is -0.508 e. The summed E-state index contributed by atoms with van der Waals surface area (Å²) in [5.41, 5.74) is 3.60. The first-order chi connectivity index (χ1) is 11.8. The molecule has 1 aliphatic heterocycles. The molecule has 0 bridgehead atoms. The van der Waals surface area contributed by atoms with E-state index in [2.05, 4.69) is 0 Å². The summed E-state index contributed by atoms with van der Waals surface area (Å²) in [5.74, 6) is -0.292. The highest BCUT2D eigenvalue weighted by Crippen LogP contribution is 2.43. The summed E-state index contributed by atoms with van der Waals surface area (Å²) >= 11 is 0. The van der Waals surface area contributed by atoms with Crippen molar-refractivity contribution in [2.45, 2.75) is 12.5 Å². The van der Waals surface area contributed by atoms with Crippen LogP contribution in [0.3, 0.4) is 0 Å². The average molecular weight is 315 g/mol. The van der Waals surface area contributed by atoms with Crippen LogP contribution in [0.4, 0.5) is 5.69 Å². The number of fused-ring (bicyclic) bond motifs is 1. The van der Waals surface area contributed by atoms with Gasteiger partial charge in [0.05, 0.1) is 12.5 Å². The van der Waals surface area contributed by atoms with Crippen LogP contribution in [0.1, 0.15) is 22.6 Å². The summed E-state index contributed by atoms with van der Waals surface area (Å²) in [4.78, 5) is 14.9. The number of aromatic hydroxyl groups is 1. The minimum atomic E-state index is -0.453. The fraction of sp³-hybridized carbons (Fsp3) is 0.0952. The van der Waals surface area contributed by atoms with Crippen molar-refractivity contribution >= 4 is 11.6 Å². The number of nitrogens with zero attached hydrogens (tertiary/aromatic N) is 1. The molecule has 0 aromatic heterocycles. The zero-order chi connectivity index (χ0) is 16.5. The van der Waals surface area contributed by atoms with Gasteiger partial charge in [-0.05, 0) is 23.3 Å². The molecule has 1 amide bonds. The predicted octanol–water partition coefficient (Wildman–Crippen LogP) is 4.07. The molecule has 0 saturated carbocycles. The standard InChI is InChI=1S/C21H17NO2/c23-19-13-7-5-11-17(19)20-16-10-4-6-12-18(16)22(21(20)24)14-15-8-2-1-3-9-15/h1-13,20,23H,14H2/t20-/m0/s1. The molecule has 118 valence electrons. The average Bonchev–Trinajstić information content (AvgIpc) is 2.89. The second-order valence-corrected chi connectivity index (χ2v) is 5.96. The number of rotatable bonds is 3. The van der Waals surface area contributed by atoms with Gasteiger partial charge >= 0.3 is 0 Å². The van der Waals surface area contributed by atoms with Crippen LogP contribution < -0.4 is 4.90 Å². The highest BCUT2D eigenvalue weighted by atomic mass is 16.3. The van der Waals surface area contributed by atoms with Crippen LogP contribution in [-0.4, -0.2) is 11.0 Å². The zero-order valence-corrected chi connectivity index (χ0v) is 13.1. The molecule has 1 N–H and O–H groups in total. The van der Waals surface area contributed by atoms with Crippen molar-refractivity contribution in [3.05, 3.63) is 95.6 Å². The van der Waals surface area contributed by atoms with Gasteiger partial charge < -0.3 is 10.0 Å². The summed E-state index contributed by atoms with van der Waals surface area (Å²) in [6, 6.07) is 24.8. The predicted molar refractivity (Wildman–Crippen MR) is 94.0 cm³/mol. The molecular weight excluding hydrogens is 298 g/mol. The Kier molecular flexibility index (Phi) is 3.54. The van der Waals surface area contributed by atoms with E-state index in [1.807, 2.05) is 71.6 Å². The number of carbonyl (C=O) groups excluding carboxylic acids is 1. The number of phenols is 1. The molecule has 4 rings (SSSR count). The Balaban J connectivity index is 1.79. The number of carbonyl (C=O) groups is 1. The molecule has 0 aliphatic carbocycles. The van der Waals surface area contributed by atoms with Crippen molar-refractivity contribution in [3.63, 3.8) is 0 Å². The van der Waals surface area contributed by atoms with Gasteiger partial charge in [0.15, 0.2) is 0 Å². The smallest absolute Gasteiger partial charge is 0.239 e. The van der Waals surface area contributed by atoms with Crippen LogP contribution in [0.2, 0.25) is 0 Å². The van der Waals surface area contributed by atoms with E-state index in [0.29, 0.717) is 12.1 Å². The van der Waals surface area contributed by atoms with Gasteiger partial charge in [0, 0.05) is 11.3 Å². The Morgan fingerprint density at radius 3 is 2.17 bits per heavy atom. The molecule has 24 heavy (non-hydrogen) atoms. The maximum Gasteiger partial charge on any atom is 0.239 e. The largest absolute Gasteiger partial charge is 0.508 e. The zero-order valence-electron chi connectivity index (χ0n) is 13.1. The van der Waals surface area contributed by atoms with Gasteiger partial charge in [-0.2, -0.15) is 0 Å². The van der Waals surface area contributed by atoms with Crippen LogP contribution in [0.25, 0.3) is 0 Å². The topological polar surface area (TPSA) is 40.5 Å².